The molecule has 4 rings (SSSR count). The van der Waals surface area contributed by atoms with Crippen molar-refractivity contribution in [3.63, 3.8) is 0 Å². The van der Waals surface area contributed by atoms with E-state index in [1.165, 1.54) is 22.7 Å². The number of halogens is 2. The highest BCUT2D eigenvalue weighted by Crippen LogP contribution is 2.40. The predicted molar refractivity (Wildman–Crippen MR) is 114 cm³/mol. The minimum Gasteiger partial charge on any atom is -0.365 e. The van der Waals surface area contributed by atoms with Crippen molar-refractivity contribution in [2.75, 3.05) is 5.32 Å². The fourth-order valence-electron chi connectivity index (χ4n) is 3.44. The van der Waals surface area contributed by atoms with Crippen LogP contribution in [0.25, 0.3) is 10.1 Å². The quantitative estimate of drug-likeness (QED) is 0.500. The highest BCUT2D eigenvalue weighted by molar-refractivity contribution is 7.22. The monoisotopic (exact) mass is 438 g/mol. The van der Waals surface area contributed by atoms with Crippen molar-refractivity contribution >= 4 is 72.8 Å². The zero-order chi connectivity index (χ0) is 19.1. The number of hydrogen-bond acceptors (Lipinski definition) is 4. The molecule has 0 aliphatic heterocycles. The van der Waals surface area contributed by atoms with Crippen LogP contribution in [0.1, 0.15) is 49.7 Å². The first-order valence-electron chi connectivity index (χ1n) is 8.59. The average molecular weight is 439 g/mol. The second-order valence-electron chi connectivity index (χ2n) is 6.47. The Kier molecular flexibility index (Phi) is 5.16. The summed E-state index contributed by atoms with van der Waals surface area (Å²) in [4.78, 5) is 26.5. The van der Waals surface area contributed by atoms with Gasteiger partial charge in [-0.2, -0.15) is 0 Å². The normalized spacial score (nSPS) is 14.0. The van der Waals surface area contributed by atoms with Crippen LogP contribution in [-0.2, 0) is 12.8 Å². The Bertz CT molecular complexity index is 1070. The van der Waals surface area contributed by atoms with Gasteiger partial charge in [0.2, 0.25) is 0 Å². The molecule has 8 heteroatoms. The van der Waals surface area contributed by atoms with Crippen molar-refractivity contribution in [1.82, 2.24) is 0 Å². The Labute approximate surface area is 174 Å². The van der Waals surface area contributed by atoms with Crippen molar-refractivity contribution < 1.29 is 9.59 Å². The first-order valence-corrected chi connectivity index (χ1v) is 11.0. The molecule has 0 unspecified atom stereocenters. The number of anilines is 1. The molecule has 4 nitrogen and oxygen atoms in total. The number of hydrogen-bond donors (Lipinski definition) is 2. The number of thiophene rings is 2. The minimum absolute atomic E-state index is 0.337. The number of amides is 2. The first-order chi connectivity index (χ1) is 13.0. The summed E-state index contributed by atoms with van der Waals surface area (Å²) in [6.07, 6.45) is 4.99. The van der Waals surface area contributed by atoms with Gasteiger partial charge in [0.05, 0.1) is 10.6 Å². The summed E-state index contributed by atoms with van der Waals surface area (Å²) in [6.45, 7) is 0. The van der Waals surface area contributed by atoms with E-state index in [4.69, 9.17) is 28.9 Å². The molecule has 2 heterocycles. The van der Waals surface area contributed by atoms with Gasteiger partial charge in [0.15, 0.2) is 0 Å². The number of carbonyl (C=O) groups is 2. The summed E-state index contributed by atoms with van der Waals surface area (Å²) in [5.74, 6) is -0.838. The van der Waals surface area contributed by atoms with Gasteiger partial charge in [-0.25, -0.2) is 0 Å². The third kappa shape index (κ3) is 3.47. The summed E-state index contributed by atoms with van der Waals surface area (Å²) in [5.41, 5.74) is 7.08. The molecule has 0 bridgehead atoms. The van der Waals surface area contributed by atoms with Gasteiger partial charge in [0.1, 0.15) is 9.88 Å². The van der Waals surface area contributed by atoms with Crippen molar-refractivity contribution in [1.29, 1.82) is 0 Å². The fourth-order valence-corrected chi connectivity index (χ4v) is 6.41. The Hall–Kier alpha value is -1.60. The Morgan fingerprint density at radius 1 is 1.07 bits per heavy atom. The van der Waals surface area contributed by atoms with Crippen LogP contribution in [0.3, 0.4) is 0 Å². The first kappa shape index (κ1) is 18.7. The standard InChI is InChI=1S/C19H16Cl2N2O2S2/c20-9-6-7-11-13(8-9)26-16(15(11)21)18(25)23-19-14(17(22)24)10-4-2-1-3-5-12(10)27-19/h6-8H,1-5H2,(H2,22,24)(H,23,25). The van der Waals surface area contributed by atoms with Crippen LogP contribution in [0.5, 0.6) is 0 Å². The highest BCUT2D eigenvalue weighted by Gasteiger charge is 2.26. The van der Waals surface area contributed by atoms with Crippen molar-refractivity contribution in [2.45, 2.75) is 32.1 Å². The molecule has 0 radical (unpaired) electrons. The number of benzene rings is 1. The van der Waals surface area contributed by atoms with E-state index in [0.29, 0.717) is 25.5 Å². The number of carbonyl (C=O) groups excluding carboxylic acids is 2. The Balaban J connectivity index is 1.71. The zero-order valence-electron chi connectivity index (χ0n) is 14.2. The van der Waals surface area contributed by atoms with Crippen molar-refractivity contribution in [3.8, 4) is 0 Å². The number of rotatable bonds is 3. The van der Waals surface area contributed by atoms with Gasteiger partial charge in [-0.1, -0.05) is 35.7 Å². The van der Waals surface area contributed by atoms with Crippen molar-refractivity contribution in [2.24, 2.45) is 5.73 Å². The predicted octanol–water partition coefficient (Wildman–Crippen LogP) is 5.89. The molecule has 0 saturated carbocycles. The molecule has 2 amide bonds. The molecule has 3 N–H and O–H groups in total. The Morgan fingerprint density at radius 3 is 2.63 bits per heavy atom. The third-order valence-electron chi connectivity index (χ3n) is 4.69. The van der Waals surface area contributed by atoms with E-state index < -0.39 is 5.91 Å². The van der Waals surface area contributed by atoms with Crippen LogP contribution in [0.15, 0.2) is 18.2 Å². The molecular weight excluding hydrogens is 423 g/mol. The topological polar surface area (TPSA) is 72.2 Å². The summed E-state index contributed by atoms with van der Waals surface area (Å²) in [7, 11) is 0. The molecule has 0 saturated heterocycles. The molecule has 1 aromatic carbocycles. The third-order valence-corrected chi connectivity index (χ3v) is 7.79. The molecular formula is C19H16Cl2N2O2S2. The fraction of sp³-hybridized carbons (Fsp3) is 0.263. The lowest BCUT2D eigenvalue weighted by atomic mass is 10.1. The van der Waals surface area contributed by atoms with Crippen LogP contribution >= 0.6 is 45.9 Å². The molecule has 3 aromatic rings. The van der Waals surface area contributed by atoms with E-state index in [1.807, 2.05) is 0 Å². The van der Waals surface area contributed by atoms with Gasteiger partial charge < -0.3 is 11.1 Å². The van der Waals surface area contributed by atoms with Gasteiger partial charge in [-0.15, -0.1) is 22.7 Å². The molecule has 0 fully saturated rings. The lowest BCUT2D eigenvalue weighted by Crippen LogP contribution is -2.17. The number of fused-ring (bicyclic) bond motifs is 2. The maximum absolute atomic E-state index is 12.9. The van der Waals surface area contributed by atoms with Gasteiger partial charge in [0, 0.05) is 20.0 Å². The van der Waals surface area contributed by atoms with Crippen LogP contribution in [0.4, 0.5) is 5.00 Å². The highest BCUT2D eigenvalue weighted by atomic mass is 35.5. The minimum atomic E-state index is -0.501. The SMILES string of the molecule is NC(=O)c1c(NC(=O)c2sc3cc(Cl)ccc3c2Cl)sc2c1CCCCC2. The lowest BCUT2D eigenvalue weighted by Gasteiger charge is -2.05. The molecule has 27 heavy (non-hydrogen) atoms. The van der Waals surface area contributed by atoms with Gasteiger partial charge in [-0.05, 0) is 43.4 Å². The molecule has 1 aliphatic carbocycles. The molecule has 0 atom stereocenters. The molecule has 0 spiro atoms. The van der Waals surface area contributed by atoms with Crippen molar-refractivity contribution in [3.05, 3.63) is 49.1 Å². The maximum atomic E-state index is 12.9. The molecule has 1 aliphatic rings. The van der Waals surface area contributed by atoms with Crippen LogP contribution in [0, 0.1) is 0 Å². The maximum Gasteiger partial charge on any atom is 0.267 e. The average Bonchev–Trinajstić information content (AvgIpc) is 3.03. The molecule has 140 valence electrons. The van der Waals surface area contributed by atoms with E-state index in [1.54, 1.807) is 18.2 Å². The van der Waals surface area contributed by atoms with Gasteiger partial charge in [0.25, 0.3) is 11.8 Å². The smallest absolute Gasteiger partial charge is 0.267 e. The van der Waals surface area contributed by atoms with E-state index >= 15 is 0 Å². The number of nitrogens with one attached hydrogen (secondary N) is 1. The molecule has 2 aromatic heterocycles. The summed E-state index contributed by atoms with van der Waals surface area (Å²) in [5, 5.41) is 5.16. The van der Waals surface area contributed by atoms with E-state index in [0.717, 1.165) is 52.6 Å². The zero-order valence-corrected chi connectivity index (χ0v) is 17.4. The summed E-state index contributed by atoms with van der Waals surface area (Å²) >= 11 is 15.2. The van der Waals surface area contributed by atoms with Crippen LogP contribution in [-0.4, -0.2) is 11.8 Å². The van der Waals surface area contributed by atoms with Gasteiger partial charge >= 0.3 is 0 Å². The van der Waals surface area contributed by atoms with Crippen LogP contribution < -0.4 is 11.1 Å². The lowest BCUT2D eigenvalue weighted by molar-refractivity contribution is 0.100. The number of aryl methyl sites for hydroxylation is 1. The Morgan fingerprint density at radius 2 is 1.85 bits per heavy atom. The van der Waals surface area contributed by atoms with E-state index in [-0.39, 0.29) is 5.91 Å². The summed E-state index contributed by atoms with van der Waals surface area (Å²) in [6, 6.07) is 5.33. The van der Waals surface area contributed by atoms with Gasteiger partial charge in [-0.3, -0.25) is 9.59 Å². The second kappa shape index (κ2) is 7.43. The van der Waals surface area contributed by atoms with E-state index in [9.17, 15) is 9.59 Å². The largest absolute Gasteiger partial charge is 0.365 e. The van der Waals surface area contributed by atoms with E-state index in [2.05, 4.69) is 5.32 Å². The summed E-state index contributed by atoms with van der Waals surface area (Å²) < 4.78 is 0.842. The number of nitrogens with two attached hydrogens (primary N) is 1. The number of primary amides is 1. The second-order valence-corrected chi connectivity index (χ2v) is 9.44. The van der Waals surface area contributed by atoms with Crippen LogP contribution in [0.2, 0.25) is 10.0 Å².